The minimum atomic E-state index is 0.406. The Hall–Kier alpha value is -1.97. The molecular weight excluding hydrogens is 309 g/mol. The van der Waals surface area contributed by atoms with E-state index in [0.29, 0.717) is 32.1 Å². The molecule has 1 N–H and O–H groups in total. The van der Waals surface area contributed by atoms with Crippen molar-refractivity contribution >= 4 is 34.2 Å². The molecule has 0 amide bonds. The lowest BCUT2D eigenvalue weighted by molar-refractivity contribution is 0.302. The first kappa shape index (κ1) is 14.0. The molecule has 106 valence electrons. The largest absolute Gasteiger partial charge is 0.456 e. The van der Waals surface area contributed by atoms with Gasteiger partial charge in [0.15, 0.2) is 0 Å². The molecule has 3 nitrogen and oxygen atoms in total. The van der Waals surface area contributed by atoms with Crippen LogP contribution in [-0.4, -0.2) is 5.21 Å². The molecule has 3 rings (SSSR count). The molecule has 0 radical (unpaired) electrons. The van der Waals surface area contributed by atoms with Crippen molar-refractivity contribution in [2.45, 2.75) is 6.92 Å². The van der Waals surface area contributed by atoms with Crippen molar-refractivity contribution in [3.05, 3.63) is 63.4 Å². The van der Waals surface area contributed by atoms with Gasteiger partial charge in [-0.25, -0.2) is 0 Å². The zero-order valence-corrected chi connectivity index (χ0v) is 12.6. The van der Waals surface area contributed by atoms with E-state index < -0.39 is 0 Å². The summed E-state index contributed by atoms with van der Waals surface area (Å²) in [6.07, 6.45) is 0. The van der Waals surface area contributed by atoms with Crippen molar-refractivity contribution in [1.29, 1.82) is 0 Å². The summed E-state index contributed by atoms with van der Waals surface area (Å²) in [7, 11) is 0. The van der Waals surface area contributed by atoms with E-state index >= 15 is 0 Å². The molecule has 0 saturated carbocycles. The fourth-order valence-electron chi connectivity index (χ4n) is 2.13. The van der Waals surface area contributed by atoms with E-state index in [0.717, 1.165) is 11.1 Å². The number of fused-ring (bicyclic) bond motifs is 1. The molecule has 0 unspecified atom stereocenters. The van der Waals surface area contributed by atoms with Crippen LogP contribution in [0.15, 0.2) is 52.0 Å². The monoisotopic (exact) mass is 319 g/mol. The molecule has 1 aromatic heterocycles. The SMILES string of the molecule is Cc1cc2oc(-c3ccc(Cl)cc3)c/c(=N\O)c2cc1Cl. The normalized spacial score (nSPS) is 12.0. The maximum atomic E-state index is 9.23. The summed E-state index contributed by atoms with van der Waals surface area (Å²) in [5.41, 5.74) is 2.35. The van der Waals surface area contributed by atoms with E-state index in [2.05, 4.69) is 5.16 Å². The zero-order valence-electron chi connectivity index (χ0n) is 11.1. The van der Waals surface area contributed by atoms with Gasteiger partial charge in [0.05, 0.1) is 0 Å². The van der Waals surface area contributed by atoms with Crippen LogP contribution in [0.4, 0.5) is 0 Å². The molecule has 2 aromatic carbocycles. The fraction of sp³-hybridized carbons (Fsp3) is 0.0625. The van der Waals surface area contributed by atoms with Crippen LogP contribution < -0.4 is 5.36 Å². The van der Waals surface area contributed by atoms with E-state index in [1.54, 1.807) is 24.3 Å². The molecule has 0 atom stereocenters. The molecule has 0 fully saturated rings. The summed E-state index contributed by atoms with van der Waals surface area (Å²) in [4.78, 5) is 0. The number of halogens is 2. The quantitative estimate of drug-likeness (QED) is 0.506. The zero-order chi connectivity index (χ0) is 15.0. The molecule has 0 spiro atoms. The molecular formula is C16H11Cl2NO2. The Morgan fingerprint density at radius 1 is 1.05 bits per heavy atom. The highest BCUT2D eigenvalue weighted by Gasteiger charge is 2.08. The molecule has 0 aliphatic rings. The third-order valence-electron chi connectivity index (χ3n) is 3.26. The highest BCUT2D eigenvalue weighted by molar-refractivity contribution is 6.32. The Labute approximate surface area is 131 Å². The maximum Gasteiger partial charge on any atom is 0.137 e. The first-order chi connectivity index (χ1) is 10.1. The minimum Gasteiger partial charge on any atom is -0.456 e. The van der Waals surface area contributed by atoms with Crippen LogP contribution in [0, 0.1) is 6.92 Å². The second-order valence-electron chi connectivity index (χ2n) is 4.70. The van der Waals surface area contributed by atoms with Crippen molar-refractivity contribution in [2.75, 3.05) is 0 Å². The lowest BCUT2D eigenvalue weighted by atomic mass is 10.1. The Bertz CT molecular complexity index is 883. The number of nitrogens with zero attached hydrogens (tertiary/aromatic N) is 1. The smallest absolute Gasteiger partial charge is 0.137 e. The first-order valence-corrected chi connectivity index (χ1v) is 7.02. The predicted octanol–water partition coefficient (Wildman–Crippen LogP) is 5.00. The Morgan fingerprint density at radius 2 is 1.76 bits per heavy atom. The van der Waals surface area contributed by atoms with Crippen LogP contribution in [0.2, 0.25) is 10.0 Å². The summed E-state index contributed by atoms with van der Waals surface area (Å²) >= 11 is 12.0. The van der Waals surface area contributed by atoms with Gasteiger partial charge in [-0.3, -0.25) is 0 Å². The number of hydrogen-bond acceptors (Lipinski definition) is 3. The van der Waals surface area contributed by atoms with Crippen LogP contribution in [0.5, 0.6) is 0 Å². The van der Waals surface area contributed by atoms with Crippen molar-refractivity contribution < 1.29 is 9.62 Å². The van der Waals surface area contributed by atoms with Gasteiger partial charge < -0.3 is 9.62 Å². The molecule has 0 saturated heterocycles. The Balaban J connectivity index is 2.31. The van der Waals surface area contributed by atoms with Gasteiger partial charge >= 0.3 is 0 Å². The summed E-state index contributed by atoms with van der Waals surface area (Å²) in [6, 6.07) is 12.5. The van der Waals surface area contributed by atoms with Crippen LogP contribution in [-0.2, 0) is 0 Å². The van der Waals surface area contributed by atoms with Crippen LogP contribution >= 0.6 is 23.2 Å². The second kappa shape index (κ2) is 5.43. The molecule has 21 heavy (non-hydrogen) atoms. The van der Waals surface area contributed by atoms with Crippen LogP contribution in [0.3, 0.4) is 0 Å². The third-order valence-corrected chi connectivity index (χ3v) is 3.92. The van der Waals surface area contributed by atoms with Crippen molar-refractivity contribution in [3.8, 4) is 11.3 Å². The third kappa shape index (κ3) is 2.62. The molecule has 3 aromatic rings. The summed E-state index contributed by atoms with van der Waals surface area (Å²) < 4.78 is 5.89. The molecule has 0 aliphatic carbocycles. The van der Waals surface area contributed by atoms with Gasteiger partial charge in [-0.05, 0) is 48.9 Å². The number of hydrogen-bond donors (Lipinski definition) is 1. The van der Waals surface area contributed by atoms with Gasteiger partial charge in [0.2, 0.25) is 0 Å². The fourth-order valence-corrected chi connectivity index (χ4v) is 2.42. The topological polar surface area (TPSA) is 45.7 Å². The molecule has 5 heteroatoms. The van der Waals surface area contributed by atoms with Crippen molar-refractivity contribution in [1.82, 2.24) is 0 Å². The molecule has 1 heterocycles. The average molecular weight is 320 g/mol. The van der Waals surface area contributed by atoms with Crippen molar-refractivity contribution in [3.63, 3.8) is 0 Å². The lowest BCUT2D eigenvalue weighted by Crippen LogP contribution is -2.03. The van der Waals surface area contributed by atoms with E-state index in [-0.39, 0.29) is 0 Å². The maximum absolute atomic E-state index is 9.23. The standard InChI is InChI=1S/C16H11Cl2NO2/c1-9-6-16-12(7-13(9)18)14(19-20)8-15(21-16)10-2-4-11(17)5-3-10/h2-8,20H,1H3/b19-14+. The predicted molar refractivity (Wildman–Crippen MR) is 83.8 cm³/mol. The second-order valence-corrected chi connectivity index (χ2v) is 5.54. The summed E-state index contributed by atoms with van der Waals surface area (Å²) in [5, 5.41) is 14.9. The minimum absolute atomic E-state index is 0.406. The molecule has 0 aliphatic heterocycles. The van der Waals surface area contributed by atoms with Gasteiger partial charge in [0.25, 0.3) is 0 Å². The van der Waals surface area contributed by atoms with E-state index in [4.69, 9.17) is 27.6 Å². The van der Waals surface area contributed by atoms with Gasteiger partial charge in [-0.1, -0.05) is 28.4 Å². The highest BCUT2D eigenvalue weighted by Crippen LogP contribution is 2.26. The summed E-state index contributed by atoms with van der Waals surface area (Å²) in [6.45, 7) is 1.89. The lowest BCUT2D eigenvalue weighted by Gasteiger charge is -2.06. The van der Waals surface area contributed by atoms with Gasteiger partial charge in [-0.15, -0.1) is 0 Å². The van der Waals surface area contributed by atoms with Gasteiger partial charge in [0.1, 0.15) is 16.7 Å². The van der Waals surface area contributed by atoms with E-state index in [1.807, 2.05) is 25.1 Å². The average Bonchev–Trinajstić information content (AvgIpc) is 2.48. The number of rotatable bonds is 1. The van der Waals surface area contributed by atoms with Crippen LogP contribution in [0.25, 0.3) is 22.3 Å². The number of benzene rings is 2. The first-order valence-electron chi connectivity index (χ1n) is 6.26. The van der Waals surface area contributed by atoms with Gasteiger partial charge in [0, 0.05) is 27.1 Å². The Kier molecular flexibility index (Phi) is 3.62. The molecule has 0 bridgehead atoms. The van der Waals surface area contributed by atoms with Crippen molar-refractivity contribution in [2.24, 2.45) is 5.16 Å². The number of aryl methyl sites for hydroxylation is 1. The van der Waals surface area contributed by atoms with Gasteiger partial charge in [-0.2, -0.15) is 0 Å². The highest BCUT2D eigenvalue weighted by atomic mass is 35.5. The Morgan fingerprint density at radius 3 is 2.43 bits per heavy atom. The van der Waals surface area contributed by atoms with E-state index in [1.165, 1.54) is 0 Å². The summed E-state index contributed by atoms with van der Waals surface area (Å²) in [5.74, 6) is 0.591. The van der Waals surface area contributed by atoms with Crippen LogP contribution in [0.1, 0.15) is 5.56 Å². The van der Waals surface area contributed by atoms with E-state index in [9.17, 15) is 5.21 Å².